The van der Waals surface area contributed by atoms with Gasteiger partial charge in [-0.05, 0) is 86.3 Å². The molecule has 2 aromatic heterocycles. The quantitative estimate of drug-likeness (QED) is 0.410. The monoisotopic (exact) mass is 443 g/mol. The van der Waals surface area contributed by atoms with Crippen LogP contribution in [-0.4, -0.2) is 31.4 Å². The molecule has 0 bridgehead atoms. The second-order valence-electron chi connectivity index (χ2n) is 7.78. The minimum atomic E-state index is -0.0849. The Morgan fingerprint density at radius 2 is 1.56 bits per heavy atom. The Balaban J connectivity index is 1.60. The van der Waals surface area contributed by atoms with E-state index in [2.05, 4.69) is 59.5 Å². The van der Waals surface area contributed by atoms with Crippen LogP contribution in [0.5, 0.6) is 0 Å². The molecule has 6 nitrogen and oxygen atoms in total. The van der Waals surface area contributed by atoms with E-state index in [0.717, 1.165) is 22.5 Å². The molecule has 0 aliphatic rings. The van der Waals surface area contributed by atoms with Crippen LogP contribution in [-0.2, 0) is 4.79 Å². The molecule has 0 saturated carbocycles. The molecule has 0 aliphatic carbocycles. The van der Waals surface area contributed by atoms with Crippen LogP contribution in [0, 0.1) is 27.7 Å². The van der Waals surface area contributed by atoms with Gasteiger partial charge in [-0.1, -0.05) is 23.9 Å². The van der Waals surface area contributed by atoms with E-state index in [1.807, 2.05) is 41.8 Å². The number of hydrogen-bond donors (Lipinski definition) is 1. The van der Waals surface area contributed by atoms with Gasteiger partial charge in [0.25, 0.3) is 0 Å². The lowest BCUT2D eigenvalue weighted by molar-refractivity contribution is -0.113. The predicted molar refractivity (Wildman–Crippen MR) is 129 cm³/mol. The van der Waals surface area contributed by atoms with Crippen molar-refractivity contribution in [2.24, 2.45) is 0 Å². The molecule has 1 N–H and O–H groups in total. The molecule has 0 radical (unpaired) electrons. The van der Waals surface area contributed by atoms with Crippen LogP contribution in [0.15, 0.2) is 66.1 Å². The van der Waals surface area contributed by atoms with Crippen molar-refractivity contribution in [2.45, 2.75) is 32.9 Å². The maximum Gasteiger partial charge on any atom is 0.234 e. The standard InChI is InChI=1S/C25H25N5OS/c1-16-5-7-21(13-18(16)3)27-23(31)15-32-25-29-28-24(20-9-11-26-12-10-20)30(25)22-8-6-17(2)19(4)14-22/h5-14H,15H2,1-4H3,(H,27,31). The molecular weight excluding hydrogens is 418 g/mol. The number of rotatable bonds is 6. The molecule has 32 heavy (non-hydrogen) atoms. The van der Waals surface area contributed by atoms with Gasteiger partial charge in [0.15, 0.2) is 11.0 Å². The normalized spacial score (nSPS) is 10.9. The molecule has 0 fully saturated rings. The zero-order chi connectivity index (χ0) is 22.7. The molecule has 0 unspecified atom stereocenters. The lowest BCUT2D eigenvalue weighted by Crippen LogP contribution is -2.14. The molecule has 2 aromatic carbocycles. The van der Waals surface area contributed by atoms with Crippen LogP contribution < -0.4 is 5.32 Å². The third kappa shape index (κ3) is 4.73. The Labute approximate surface area is 192 Å². The highest BCUT2D eigenvalue weighted by molar-refractivity contribution is 7.99. The average Bonchev–Trinajstić information content (AvgIpc) is 3.21. The maximum atomic E-state index is 12.6. The fraction of sp³-hybridized carbons (Fsp3) is 0.200. The molecule has 0 saturated heterocycles. The smallest absolute Gasteiger partial charge is 0.234 e. The van der Waals surface area contributed by atoms with E-state index in [0.29, 0.717) is 11.0 Å². The van der Waals surface area contributed by atoms with E-state index in [-0.39, 0.29) is 11.7 Å². The van der Waals surface area contributed by atoms with Crippen molar-refractivity contribution >= 4 is 23.4 Å². The number of benzene rings is 2. The Kier molecular flexibility index (Phi) is 6.37. The fourth-order valence-electron chi connectivity index (χ4n) is 3.30. The molecule has 0 spiro atoms. The highest BCUT2D eigenvalue weighted by Crippen LogP contribution is 2.29. The lowest BCUT2D eigenvalue weighted by atomic mass is 10.1. The second-order valence-corrected chi connectivity index (χ2v) is 8.72. The Morgan fingerprint density at radius 1 is 0.875 bits per heavy atom. The van der Waals surface area contributed by atoms with Gasteiger partial charge in [-0.2, -0.15) is 0 Å². The van der Waals surface area contributed by atoms with Gasteiger partial charge < -0.3 is 5.32 Å². The summed E-state index contributed by atoms with van der Waals surface area (Å²) in [5, 5.41) is 12.5. The Bertz CT molecular complexity index is 1270. The molecule has 2 heterocycles. The number of aromatic nitrogens is 4. The number of pyridine rings is 1. The zero-order valence-corrected chi connectivity index (χ0v) is 19.4. The van der Waals surface area contributed by atoms with Crippen LogP contribution in [0.2, 0.25) is 0 Å². The number of nitrogens with zero attached hydrogens (tertiary/aromatic N) is 4. The SMILES string of the molecule is Cc1ccc(NC(=O)CSc2nnc(-c3ccncc3)n2-c2ccc(C)c(C)c2)cc1C. The van der Waals surface area contributed by atoms with Crippen LogP contribution in [0.4, 0.5) is 5.69 Å². The molecule has 7 heteroatoms. The first-order valence-corrected chi connectivity index (χ1v) is 11.3. The summed E-state index contributed by atoms with van der Waals surface area (Å²) in [5.74, 6) is 0.859. The highest BCUT2D eigenvalue weighted by atomic mass is 32.2. The number of amides is 1. The van der Waals surface area contributed by atoms with Gasteiger partial charge in [0.05, 0.1) is 11.4 Å². The number of nitrogens with one attached hydrogen (secondary N) is 1. The number of carbonyl (C=O) groups is 1. The van der Waals surface area contributed by atoms with Gasteiger partial charge in [-0.25, -0.2) is 0 Å². The summed E-state index contributed by atoms with van der Waals surface area (Å²) >= 11 is 1.36. The number of thioether (sulfide) groups is 1. The molecule has 4 aromatic rings. The number of hydrogen-bond acceptors (Lipinski definition) is 5. The summed E-state index contributed by atoms with van der Waals surface area (Å²) in [6.07, 6.45) is 3.47. The summed E-state index contributed by atoms with van der Waals surface area (Å²) in [7, 11) is 0. The van der Waals surface area contributed by atoms with E-state index in [4.69, 9.17) is 0 Å². The Morgan fingerprint density at radius 3 is 2.25 bits per heavy atom. The number of anilines is 1. The largest absolute Gasteiger partial charge is 0.325 e. The van der Waals surface area contributed by atoms with Crippen molar-refractivity contribution in [1.29, 1.82) is 0 Å². The summed E-state index contributed by atoms with van der Waals surface area (Å²) in [5.41, 5.74) is 7.41. The average molecular weight is 444 g/mol. The highest BCUT2D eigenvalue weighted by Gasteiger charge is 2.18. The minimum absolute atomic E-state index is 0.0849. The first-order valence-electron chi connectivity index (χ1n) is 10.4. The first-order chi connectivity index (χ1) is 15.4. The van der Waals surface area contributed by atoms with Crippen molar-refractivity contribution in [1.82, 2.24) is 19.7 Å². The predicted octanol–water partition coefficient (Wildman–Crippen LogP) is 5.29. The third-order valence-electron chi connectivity index (χ3n) is 5.44. The topological polar surface area (TPSA) is 72.7 Å². The van der Waals surface area contributed by atoms with Gasteiger partial charge in [-0.3, -0.25) is 14.3 Å². The van der Waals surface area contributed by atoms with E-state index in [1.54, 1.807) is 12.4 Å². The van der Waals surface area contributed by atoms with Crippen LogP contribution in [0.1, 0.15) is 22.3 Å². The molecule has 4 rings (SSSR count). The van der Waals surface area contributed by atoms with E-state index >= 15 is 0 Å². The van der Waals surface area contributed by atoms with Crippen molar-refractivity contribution in [3.63, 3.8) is 0 Å². The van der Waals surface area contributed by atoms with Crippen LogP contribution in [0.3, 0.4) is 0 Å². The summed E-state index contributed by atoms with van der Waals surface area (Å²) < 4.78 is 2.00. The van der Waals surface area contributed by atoms with Gasteiger partial charge in [0.1, 0.15) is 0 Å². The summed E-state index contributed by atoms with van der Waals surface area (Å²) in [6.45, 7) is 8.25. The zero-order valence-electron chi connectivity index (χ0n) is 18.6. The number of carbonyl (C=O) groups excluding carboxylic acids is 1. The van der Waals surface area contributed by atoms with Gasteiger partial charge in [-0.15, -0.1) is 10.2 Å². The van der Waals surface area contributed by atoms with E-state index in [9.17, 15) is 4.79 Å². The van der Waals surface area contributed by atoms with Gasteiger partial charge in [0, 0.05) is 23.6 Å². The number of aryl methyl sites for hydroxylation is 4. The van der Waals surface area contributed by atoms with Crippen molar-refractivity contribution in [2.75, 3.05) is 11.1 Å². The molecular formula is C25H25N5OS. The second kappa shape index (κ2) is 9.36. The van der Waals surface area contributed by atoms with Crippen LogP contribution >= 0.6 is 11.8 Å². The van der Waals surface area contributed by atoms with Crippen molar-refractivity contribution in [3.05, 3.63) is 83.2 Å². The van der Waals surface area contributed by atoms with Crippen molar-refractivity contribution in [3.8, 4) is 17.1 Å². The molecule has 0 aliphatic heterocycles. The maximum absolute atomic E-state index is 12.6. The van der Waals surface area contributed by atoms with Crippen LogP contribution in [0.25, 0.3) is 17.1 Å². The minimum Gasteiger partial charge on any atom is -0.325 e. The Hall–Kier alpha value is -3.45. The molecule has 0 atom stereocenters. The first kappa shape index (κ1) is 21.8. The molecule has 1 amide bonds. The fourth-order valence-corrected chi connectivity index (χ4v) is 4.05. The van der Waals surface area contributed by atoms with E-state index in [1.165, 1.54) is 28.5 Å². The van der Waals surface area contributed by atoms with Gasteiger partial charge in [0.2, 0.25) is 5.91 Å². The third-order valence-corrected chi connectivity index (χ3v) is 6.37. The van der Waals surface area contributed by atoms with E-state index < -0.39 is 0 Å². The van der Waals surface area contributed by atoms with Gasteiger partial charge >= 0.3 is 0 Å². The van der Waals surface area contributed by atoms with Crippen molar-refractivity contribution < 1.29 is 4.79 Å². The molecule has 162 valence electrons. The summed E-state index contributed by atoms with van der Waals surface area (Å²) in [6, 6.07) is 16.0. The summed E-state index contributed by atoms with van der Waals surface area (Å²) in [4.78, 5) is 16.7. The lowest BCUT2D eigenvalue weighted by Gasteiger charge is -2.12.